The number of aromatic nitrogens is 4. The number of nitrogens with zero attached hydrogens (tertiary/aromatic N) is 6. The summed E-state index contributed by atoms with van der Waals surface area (Å²) in [6, 6.07) is 10.2. The Morgan fingerprint density at radius 1 is 1.19 bits per heavy atom. The molecule has 0 radical (unpaired) electrons. The molecule has 0 saturated carbocycles. The predicted octanol–water partition coefficient (Wildman–Crippen LogP) is 5.86. The minimum atomic E-state index is -4.70. The molecule has 5 rings (SSSR count). The zero-order chi connectivity index (χ0) is 30.9. The summed E-state index contributed by atoms with van der Waals surface area (Å²) in [6.45, 7) is 5.83. The van der Waals surface area contributed by atoms with Crippen LogP contribution in [0.1, 0.15) is 60.2 Å². The molecule has 0 spiro atoms. The number of aliphatic carboxylic acids is 1. The van der Waals surface area contributed by atoms with Gasteiger partial charge in [-0.2, -0.15) is 13.2 Å². The van der Waals surface area contributed by atoms with Crippen LogP contribution in [0.15, 0.2) is 53.7 Å². The van der Waals surface area contributed by atoms with Gasteiger partial charge in [-0.05, 0) is 59.9 Å². The lowest BCUT2D eigenvalue weighted by molar-refractivity contribution is -0.145. The molecule has 0 amide bonds. The molecule has 0 bridgehead atoms. The number of carboxylic acid groups (broad SMARTS) is 1. The number of aryl methyl sites for hydroxylation is 1. The lowest BCUT2D eigenvalue weighted by Gasteiger charge is -2.23. The molecule has 9 nitrogen and oxygen atoms in total. The van der Waals surface area contributed by atoms with Crippen molar-refractivity contribution in [2.24, 2.45) is 0 Å². The van der Waals surface area contributed by atoms with Gasteiger partial charge in [0.05, 0.1) is 11.3 Å². The SMILES string of the molecule is CCCCN1CCN(Cc2cc(C(CC(=O)O)c3ccn4c(C(F)(F)F)nnc4c3C)ccc2Cl)S(=O)c2cccnc21. The quantitative estimate of drug-likeness (QED) is 0.246. The number of halogens is 4. The monoisotopic (exact) mass is 634 g/mol. The zero-order valence-corrected chi connectivity index (χ0v) is 25.1. The van der Waals surface area contributed by atoms with E-state index in [-0.39, 0.29) is 18.6 Å². The summed E-state index contributed by atoms with van der Waals surface area (Å²) in [5.74, 6) is -2.25. The molecular weight excluding hydrogens is 605 g/mol. The molecule has 1 aromatic carbocycles. The van der Waals surface area contributed by atoms with Crippen LogP contribution in [0.4, 0.5) is 19.0 Å². The summed E-state index contributed by atoms with van der Waals surface area (Å²) in [4.78, 5) is 19.2. The van der Waals surface area contributed by atoms with Crippen LogP contribution in [-0.4, -0.2) is 58.8 Å². The number of alkyl halides is 3. The van der Waals surface area contributed by atoms with Gasteiger partial charge in [0.2, 0.25) is 5.82 Å². The van der Waals surface area contributed by atoms with Gasteiger partial charge >= 0.3 is 12.1 Å². The first-order valence-corrected chi connectivity index (χ1v) is 15.3. The third kappa shape index (κ3) is 6.38. The van der Waals surface area contributed by atoms with Gasteiger partial charge in [-0.1, -0.05) is 37.1 Å². The Hall–Kier alpha value is -3.55. The second kappa shape index (κ2) is 12.6. The van der Waals surface area contributed by atoms with Crippen molar-refractivity contribution in [3.8, 4) is 0 Å². The molecule has 1 N–H and O–H groups in total. The predicted molar refractivity (Wildman–Crippen MR) is 156 cm³/mol. The number of benzene rings is 1. The Morgan fingerprint density at radius 2 is 1.98 bits per heavy atom. The fraction of sp³-hybridized carbons (Fsp3) is 0.379. The van der Waals surface area contributed by atoms with E-state index in [4.69, 9.17) is 11.6 Å². The van der Waals surface area contributed by atoms with Gasteiger partial charge in [0.15, 0.2) is 5.65 Å². The fourth-order valence-electron chi connectivity index (χ4n) is 5.39. The molecule has 4 heterocycles. The number of fused-ring (bicyclic) bond motifs is 2. The third-order valence-electron chi connectivity index (χ3n) is 7.57. The number of pyridine rings is 2. The van der Waals surface area contributed by atoms with Crippen molar-refractivity contribution in [1.29, 1.82) is 0 Å². The van der Waals surface area contributed by atoms with Crippen molar-refractivity contribution in [1.82, 2.24) is 23.9 Å². The van der Waals surface area contributed by atoms with Gasteiger partial charge in [-0.25, -0.2) is 13.5 Å². The van der Waals surface area contributed by atoms with Crippen molar-refractivity contribution >= 4 is 40.0 Å². The van der Waals surface area contributed by atoms with Crippen LogP contribution in [0.2, 0.25) is 5.02 Å². The van der Waals surface area contributed by atoms with Gasteiger partial charge < -0.3 is 10.0 Å². The molecule has 2 atom stereocenters. The molecule has 0 aliphatic carbocycles. The molecule has 0 saturated heterocycles. The van der Waals surface area contributed by atoms with Gasteiger partial charge in [0.1, 0.15) is 16.8 Å². The Balaban J connectivity index is 1.50. The van der Waals surface area contributed by atoms with Crippen LogP contribution in [0.3, 0.4) is 0 Å². The highest BCUT2D eigenvalue weighted by atomic mass is 35.5. The van der Waals surface area contributed by atoms with Crippen LogP contribution in [-0.2, 0) is 28.5 Å². The van der Waals surface area contributed by atoms with Crippen molar-refractivity contribution < 1.29 is 27.3 Å². The van der Waals surface area contributed by atoms with Crippen LogP contribution >= 0.6 is 11.6 Å². The Morgan fingerprint density at radius 3 is 2.70 bits per heavy atom. The lowest BCUT2D eigenvalue weighted by Crippen LogP contribution is -2.33. The third-order valence-corrected chi connectivity index (χ3v) is 9.41. The smallest absolute Gasteiger partial charge is 0.452 e. The fourth-order valence-corrected chi connectivity index (χ4v) is 6.89. The molecule has 2 unspecified atom stereocenters. The van der Waals surface area contributed by atoms with E-state index in [2.05, 4.69) is 27.0 Å². The maximum absolute atomic E-state index is 13.8. The van der Waals surface area contributed by atoms with Gasteiger partial charge in [0, 0.05) is 49.5 Å². The second-order valence-electron chi connectivity index (χ2n) is 10.4. The Labute approximate surface area is 253 Å². The standard InChI is InChI=1S/C29H30ClF3N6O3S/c1-3-4-11-37-13-14-38(43(42)24-6-5-10-34-27(24)37)17-20-15-19(7-8-23(20)30)22(16-25(40)41)21-9-12-39-26(18(21)2)35-36-28(39)29(31,32)33/h5-10,12,15,22H,3-4,11,13-14,16-17H2,1-2H3,(H,40,41). The highest BCUT2D eigenvalue weighted by molar-refractivity contribution is 7.82. The van der Waals surface area contributed by atoms with Gasteiger partial charge in [-0.15, -0.1) is 10.2 Å². The summed E-state index contributed by atoms with van der Waals surface area (Å²) in [5, 5.41) is 17.3. The van der Waals surface area contributed by atoms with E-state index in [1.807, 2.05) is 10.4 Å². The first-order chi connectivity index (χ1) is 20.5. The maximum Gasteiger partial charge on any atom is 0.452 e. The number of hydrogen-bond acceptors (Lipinski definition) is 6. The molecule has 1 aliphatic rings. The molecule has 4 aromatic rings. The Kier molecular flexibility index (Phi) is 9.04. The van der Waals surface area contributed by atoms with Crippen LogP contribution in [0.25, 0.3) is 5.65 Å². The molecule has 0 fully saturated rings. The largest absolute Gasteiger partial charge is 0.481 e. The minimum absolute atomic E-state index is 0.00531. The summed E-state index contributed by atoms with van der Waals surface area (Å²) in [5.41, 5.74) is 2.15. The second-order valence-corrected chi connectivity index (χ2v) is 12.3. The van der Waals surface area contributed by atoms with Crippen LogP contribution in [0, 0.1) is 6.92 Å². The highest BCUT2D eigenvalue weighted by Crippen LogP contribution is 2.36. The highest BCUT2D eigenvalue weighted by Gasteiger charge is 2.37. The lowest BCUT2D eigenvalue weighted by atomic mass is 9.86. The number of carbonyl (C=O) groups is 1. The van der Waals surface area contributed by atoms with Gasteiger partial charge in [0.25, 0.3) is 0 Å². The number of carboxylic acids is 1. The maximum atomic E-state index is 13.8. The van der Waals surface area contributed by atoms with Crippen molar-refractivity contribution in [3.05, 3.63) is 81.9 Å². The van der Waals surface area contributed by atoms with E-state index in [1.54, 1.807) is 37.4 Å². The normalized spacial score (nSPS) is 16.7. The summed E-state index contributed by atoms with van der Waals surface area (Å²) < 4.78 is 56.7. The summed E-state index contributed by atoms with van der Waals surface area (Å²) >= 11 is 6.62. The van der Waals surface area contributed by atoms with Crippen LogP contribution < -0.4 is 4.90 Å². The molecule has 1 aliphatic heterocycles. The topological polar surface area (TPSA) is 104 Å². The number of rotatable bonds is 9. The number of hydrogen-bond donors (Lipinski definition) is 1. The van der Waals surface area contributed by atoms with Crippen molar-refractivity contribution in [2.45, 2.75) is 56.6 Å². The molecule has 3 aromatic heterocycles. The summed E-state index contributed by atoms with van der Waals surface area (Å²) in [6.07, 6.45) is -0.133. The number of unbranched alkanes of at least 4 members (excludes halogenated alkanes) is 1. The minimum Gasteiger partial charge on any atom is -0.481 e. The van der Waals surface area contributed by atoms with E-state index < -0.39 is 34.9 Å². The van der Waals surface area contributed by atoms with E-state index in [0.29, 0.717) is 51.1 Å². The first-order valence-electron chi connectivity index (χ1n) is 13.8. The van der Waals surface area contributed by atoms with Crippen LogP contribution in [0.5, 0.6) is 0 Å². The first kappa shape index (κ1) is 30.9. The Bertz CT molecular complexity index is 1680. The average molecular weight is 635 g/mol. The molecule has 14 heteroatoms. The van der Waals surface area contributed by atoms with E-state index in [0.717, 1.165) is 23.8 Å². The molecular formula is C29H30ClF3N6O3S. The number of anilines is 1. The van der Waals surface area contributed by atoms with E-state index >= 15 is 0 Å². The van der Waals surface area contributed by atoms with Gasteiger partial charge in [-0.3, -0.25) is 9.20 Å². The van der Waals surface area contributed by atoms with E-state index in [9.17, 15) is 27.3 Å². The van der Waals surface area contributed by atoms with E-state index in [1.165, 1.54) is 12.3 Å². The van der Waals surface area contributed by atoms with Crippen molar-refractivity contribution in [3.63, 3.8) is 0 Å². The van der Waals surface area contributed by atoms with Crippen molar-refractivity contribution in [2.75, 3.05) is 24.5 Å². The average Bonchev–Trinajstić information content (AvgIpc) is 3.37. The zero-order valence-electron chi connectivity index (χ0n) is 23.5. The molecule has 228 valence electrons. The molecule has 43 heavy (non-hydrogen) atoms. The summed E-state index contributed by atoms with van der Waals surface area (Å²) in [7, 11) is -1.53.